The topological polar surface area (TPSA) is 60.4 Å². The molecule has 7 heteroatoms. The van der Waals surface area contributed by atoms with Crippen molar-refractivity contribution in [3.05, 3.63) is 22.7 Å². The highest BCUT2D eigenvalue weighted by atomic mass is 35.5. The van der Waals surface area contributed by atoms with Crippen molar-refractivity contribution >= 4 is 11.6 Å². The monoisotopic (exact) mass is 329 g/mol. The van der Waals surface area contributed by atoms with Crippen LogP contribution in [-0.4, -0.2) is 56.0 Å². The molecule has 0 amide bonds. The number of hydrogen-bond donors (Lipinski definition) is 1. The average Bonchev–Trinajstić information content (AvgIpc) is 2.97. The van der Waals surface area contributed by atoms with E-state index in [1.807, 2.05) is 12.1 Å². The Balaban J connectivity index is 1.69. The molecule has 0 bridgehead atoms. The number of aliphatic hydroxyl groups is 1. The maximum Gasteiger partial charge on any atom is 0.231 e. The Morgan fingerprint density at radius 2 is 2.14 bits per heavy atom. The van der Waals surface area contributed by atoms with E-state index in [2.05, 4.69) is 4.90 Å². The fraction of sp³-hybridized carbons (Fsp3) is 0.600. The van der Waals surface area contributed by atoms with Crippen molar-refractivity contribution in [2.45, 2.75) is 24.9 Å². The van der Waals surface area contributed by atoms with Gasteiger partial charge in [0.1, 0.15) is 6.10 Å². The molecule has 1 atom stereocenters. The maximum absolute atomic E-state index is 10.3. The number of benzene rings is 1. The lowest BCUT2D eigenvalue weighted by molar-refractivity contribution is -0.279. The Labute approximate surface area is 134 Å². The third kappa shape index (κ3) is 2.77. The minimum atomic E-state index is -0.914. The van der Waals surface area contributed by atoms with E-state index in [0.29, 0.717) is 36.0 Å². The highest BCUT2D eigenvalue weighted by Gasteiger charge is 2.43. The Morgan fingerprint density at radius 1 is 1.36 bits per heavy atom. The van der Waals surface area contributed by atoms with Gasteiger partial charge in [0.15, 0.2) is 17.3 Å². The first-order valence-corrected chi connectivity index (χ1v) is 7.54. The zero-order valence-corrected chi connectivity index (χ0v) is 13.4. The highest BCUT2D eigenvalue weighted by molar-refractivity contribution is 6.32. The van der Waals surface area contributed by atoms with E-state index in [-0.39, 0.29) is 6.79 Å². The molecule has 6 nitrogen and oxygen atoms in total. The van der Waals surface area contributed by atoms with E-state index < -0.39 is 11.9 Å². The standard InChI is InChI=1S/C15H20ClNO5/c1-19-15(20-2)3-4-17(8-13(15)18)7-10-5-11(16)14-12(6-10)21-9-22-14/h5-6,13,18H,3-4,7-9H2,1-2H3. The second-order valence-corrected chi connectivity index (χ2v) is 5.94. The molecule has 1 N–H and O–H groups in total. The summed E-state index contributed by atoms with van der Waals surface area (Å²) in [6, 6.07) is 3.80. The van der Waals surface area contributed by atoms with Crippen LogP contribution in [0.5, 0.6) is 11.5 Å². The molecule has 3 rings (SSSR count). The summed E-state index contributed by atoms with van der Waals surface area (Å²) in [5, 5.41) is 10.9. The number of piperidine rings is 1. The molecule has 0 saturated carbocycles. The predicted molar refractivity (Wildman–Crippen MR) is 80.2 cm³/mol. The van der Waals surface area contributed by atoms with Crippen LogP contribution in [0.1, 0.15) is 12.0 Å². The quantitative estimate of drug-likeness (QED) is 0.847. The number of fused-ring (bicyclic) bond motifs is 1. The molecule has 2 heterocycles. The van der Waals surface area contributed by atoms with Gasteiger partial charge in [-0.15, -0.1) is 0 Å². The van der Waals surface area contributed by atoms with Crippen LogP contribution in [0, 0.1) is 0 Å². The number of likely N-dealkylation sites (tertiary alicyclic amines) is 1. The summed E-state index contributed by atoms with van der Waals surface area (Å²) >= 11 is 6.20. The number of methoxy groups -OCH3 is 2. The van der Waals surface area contributed by atoms with Crippen LogP contribution < -0.4 is 9.47 Å². The Kier molecular flexibility index (Phi) is 4.47. The van der Waals surface area contributed by atoms with Crippen molar-refractivity contribution in [3.8, 4) is 11.5 Å². The van der Waals surface area contributed by atoms with Gasteiger partial charge in [0.2, 0.25) is 6.79 Å². The van der Waals surface area contributed by atoms with Gasteiger partial charge < -0.3 is 24.1 Å². The van der Waals surface area contributed by atoms with Gasteiger partial charge in [0.05, 0.1) is 5.02 Å². The van der Waals surface area contributed by atoms with Crippen molar-refractivity contribution in [3.63, 3.8) is 0 Å². The number of β-amino-alcohol motifs (C(OH)–C–C–N with tert-alkyl or cyclic N) is 1. The summed E-state index contributed by atoms with van der Waals surface area (Å²) < 4.78 is 21.4. The summed E-state index contributed by atoms with van der Waals surface area (Å²) in [5.74, 6) is 0.355. The average molecular weight is 330 g/mol. The number of halogens is 1. The first kappa shape index (κ1) is 15.8. The van der Waals surface area contributed by atoms with E-state index in [9.17, 15) is 5.11 Å². The van der Waals surface area contributed by atoms with Crippen LogP contribution >= 0.6 is 11.6 Å². The van der Waals surface area contributed by atoms with E-state index in [1.54, 1.807) is 14.2 Å². The molecule has 122 valence electrons. The smallest absolute Gasteiger partial charge is 0.231 e. The molecular formula is C15H20ClNO5. The van der Waals surface area contributed by atoms with Gasteiger partial charge in [-0.3, -0.25) is 4.90 Å². The molecule has 1 fully saturated rings. The van der Waals surface area contributed by atoms with Crippen LogP contribution in [0.2, 0.25) is 5.02 Å². The van der Waals surface area contributed by atoms with Crippen LogP contribution in [0.15, 0.2) is 12.1 Å². The number of aliphatic hydroxyl groups excluding tert-OH is 1. The molecule has 22 heavy (non-hydrogen) atoms. The van der Waals surface area contributed by atoms with Crippen molar-refractivity contribution in [2.24, 2.45) is 0 Å². The fourth-order valence-electron chi connectivity index (χ4n) is 3.03. The maximum atomic E-state index is 10.3. The molecule has 0 aliphatic carbocycles. The van der Waals surface area contributed by atoms with Crippen LogP contribution in [-0.2, 0) is 16.0 Å². The zero-order chi connectivity index (χ0) is 15.7. The largest absolute Gasteiger partial charge is 0.454 e. The van der Waals surface area contributed by atoms with Crippen LogP contribution in [0.3, 0.4) is 0 Å². The first-order valence-electron chi connectivity index (χ1n) is 7.16. The molecule has 2 aliphatic heterocycles. The third-order valence-electron chi connectivity index (χ3n) is 4.30. The van der Waals surface area contributed by atoms with E-state index in [1.165, 1.54) is 0 Å². The minimum Gasteiger partial charge on any atom is -0.454 e. The Bertz CT molecular complexity index is 549. The number of rotatable bonds is 4. The number of ether oxygens (including phenoxy) is 4. The van der Waals surface area contributed by atoms with E-state index in [4.69, 9.17) is 30.5 Å². The van der Waals surface area contributed by atoms with Crippen molar-refractivity contribution in [1.29, 1.82) is 0 Å². The number of nitrogens with zero attached hydrogens (tertiary/aromatic N) is 1. The first-order chi connectivity index (χ1) is 10.6. The third-order valence-corrected chi connectivity index (χ3v) is 4.58. The second-order valence-electron chi connectivity index (χ2n) is 5.53. The van der Waals surface area contributed by atoms with Crippen molar-refractivity contribution < 1.29 is 24.1 Å². The lowest BCUT2D eigenvalue weighted by Gasteiger charge is -2.43. The zero-order valence-electron chi connectivity index (χ0n) is 12.7. The SMILES string of the molecule is COC1(OC)CCN(Cc2cc(Cl)c3c(c2)OCO3)CC1O. The predicted octanol–water partition coefficient (Wildman–Crippen LogP) is 1.62. The van der Waals surface area contributed by atoms with Crippen molar-refractivity contribution in [2.75, 3.05) is 34.1 Å². The molecule has 0 aromatic heterocycles. The van der Waals surface area contributed by atoms with Crippen molar-refractivity contribution in [1.82, 2.24) is 4.90 Å². The normalized spacial score (nSPS) is 23.7. The van der Waals surface area contributed by atoms with E-state index >= 15 is 0 Å². The molecule has 1 aromatic carbocycles. The lowest BCUT2D eigenvalue weighted by Crippen LogP contribution is -2.57. The van der Waals surface area contributed by atoms with Gasteiger partial charge in [-0.2, -0.15) is 0 Å². The van der Waals surface area contributed by atoms with Crippen LogP contribution in [0.25, 0.3) is 0 Å². The lowest BCUT2D eigenvalue weighted by atomic mass is 9.99. The highest BCUT2D eigenvalue weighted by Crippen LogP contribution is 2.40. The summed E-state index contributed by atoms with van der Waals surface area (Å²) in [5.41, 5.74) is 1.02. The summed E-state index contributed by atoms with van der Waals surface area (Å²) in [4.78, 5) is 2.13. The van der Waals surface area contributed by atoms with Gasteiger partial charge in [-0.25, -0.2) is 0 Å². The Morgan fingerprint density at radius 3 is 2.82 bits per heavy atom. The van der Waals surface area contributed by atoms with E-state index in [0.717, 1.165) is 12.1 Å². The molecule has 1 unspecified atom stereocenters. The summed E-state index contributed by atoms with van der Waals surface area (Å²) in [6.07, 6.45) is -0.111. The molecule has 0 spiro atoms. The second kappa shape index (κ2) is 6.22. The minimum absolute atomic E-state index is 0.200. The molecule has 1 aromatic rings. The Hall–Kier alpha value is -1.05. The molecule has 0 radical (unpaired) electrons. The summed E-state index contributed by atoms with van der Waals surface area (Å²) in [6.45, 7) is 2.08. The molecule has 1 saturated heterocycles. The molecular weight excluding hydrogens is 310 g/mol. The summed E-state index contributed by atoms with van der Waals surface area (Å²) in [7, 11) is 3.11. The van der Waals surface area contributed by atoms with Gasteiger partial charge >= 0.3 is 0 Å². The van der Waals surface area contributed by atoms with Gasteiger partial charge in [-0.1, -0.05) is 11.6 Å². The van der Waals surface area contributed by atoms with Crippen LogP contribution in [0.4, 0.5) is 0 Å². The molecule has 2 aliphatic rings. The van der Waals surface area contributed by atoms with Gasteiger partial charge in [0.25, 0.3) is 0 Å². The number of hydrogen-bond acceptors (Lipinski definition) is 6. The van der Waals surface area contributed by atoms with Gasteiger partial charge in [0, 0.05) is 40.3 Å². The van der Waals surface area contributed by atoms with Gasteiger partial charge in [-0.05, 0) is 17.7 Å². The fourth-order valence-corrected chi connectivity index (χ4v) is 3.32.